The first-order valence-electron chi connectivity index (χ1n) is 8.77. The Morgan fingerprint density at radius 1 is 1.18 bits per heavy atom. The second kappa shape index (κ2) is 7.70. The molecule has 1 aromatic rings. The summed E-state index contributed by atoms with van der Waals surface area (Å²) in [7, 11) is 0. The topological polar surface area (TPSA) is 61.3 Å². The molecule has 1 aromatic heterocycles. The zero-order valence-electron chi connectivity index (χ0n) is 13.5. The highest BCUT2D eigenvalue weighted by Crippen LogP contribution is 2.27. The van der Waals surface area contributed by atoms with Crippen LogP contribution in [0.3, 0.4) is 0 Å². The summed E-state index contributed by atoms with van der Waals surface area (Å²) in [6.07, 6.45) is 8.89. The highest BCUT2D eigenvalue weighted by Gasteiger charge is 2.31. The number of likely N-dealkylation sites (tertiary alicyclic amines) is 1. The molecule has 5 nitrogen and oxygen atoms in total. The Bertz CT molecular complexity index is 459. The van der Waals surface area contributed by atoms with E-state index in [2.05, 4.69) is 27.3 Å². The van der Waals surface area contributed by atoms with Gasteiger partial charge in [0.2, 0.25) is 5.13 Å². The van der Waals surface area contributed by atoms with E-state index in [4.69, 9.17) is 0 Å². The van der Waals surface area contributed by atoms with E-state index in [-0.39, 0.29) is 6.10 Å². The molecule has 0 bridgehead atoms. The lowest BCUT2D eigenvalue weighted by Gasteiger charge is -2.41. The monoisotopic (exact) mass is 324 g/mol. The molecule has 0 radical (unpaired) electrons. The van der Waals surface area contributed by atoms with Gasteiger partial charge in [0, 0.05) is 31.6 Å². The Morgan fingerprint density at radius 3 is 2.68 bits per heavy atom. The van der Waals surface area contributed by atoms with Crippen molar-refractivity contribution in [3.05, 3.63) is 5.01 Å². The molecular formula is C16H28N4OS. The first-order valence-corrected chi connectivity index (χ1v) is 9.59. The highest BCUT2D eigenvalue weighted by atomic mass is 32.1. The SMILES string of the molecule is CCCc1nnc(NC2CCN(C3CCCCC3O)CC2)s1. The third-order valence-corrected chi connectivity index (χ3v) is 5.87. The third-order valence-electron chi connectivity index (χ3n) is 4.95. The summed E-state index contributed by atoms with van der Waals surface area (Å²) in [6, 6.07) is 0.895. The van der Waals surface area contributed by atoms with Crippen LogP contribution in [-0.4, -0.2) is 51.5 Å². The van der Waals surface area contributed by atoms with Crippen molar-refractivity contribution in [2.45, 2.75) is 76.5 Å². The molecular weight excluding hydrogens is 296 g/mol. The zero-order valence-corrected chi connectivity index (χ0v) is 14.3. The van der Waals surface area contributed by atoms with E-state index in [1.165, 1.54) is 12.8 Å². The second-order valence-electron chi connectivity index (χ2n) is 6.62. The summed E-state index contributed by atoms with van der Waals surface area (Å²) in [5.41, 5.74) is 0. The lowest BCUT2D eigenvalue weighted by Crippen LogP contribution is -2.50. The van der Waals surface area contributed by atoms with Crippen molar-refractivity contribution < 1.29 is 5.11 Å². The number of hydrogen-bond acceptors (Lipinski definition) is 6. The number of nitrogens with one attached hydrogen (secondary N) is 1. The molecule has 2 N–H and O–H groups in total. The maximum absolute atomic E-state index is 10.2. The summed E-state index contributed by atoms with van der Waals surface area (Å²) < 4.78 is 0. The maximum Gasteiger partial charge on any atom is 0.205 e. The van der Waals surface area contributed by atoms with Crippen LogP contribution >= 0.6 is 11.3 Å². The number of anilines is 1. The van der Waals surface area contributed by atoms with Crippen LogP contribution in [-0.2, 0) is 6.42 Å². The predicted molar refractivity (Wildman–Crippen MR) is 90.4 cm³/mol. The van der Waals surface area contributed by atoms with Gasteiger partial charge in [-0.05, 0) is 32.1 Å². The molecule has 2 fully saturated rings. The molecule has 1 saturated carbocycles. The normalized spacial score (nSPS) is 27.9. The van der Waals surface area contributed by atoms with E-state index < -0.39 is 0 Å². The Labute approximate surface area is 137 Å². The van der Waals surface area contributed by atoms with Crippen LogP contribution in [0, 0.1) is 0 Å². The van der Waals surface area contributed by atoms with Crippen LogP contribution in [0.4, 0.5) is 5.13 Å². The van der Waals surface area contributed by atoms with Crippen molar-refractivity contribution in [2.75, 3.05) is 18.4 Å². The van der Waals surface area contributed by atoms with E-state index in [0.29, 0.717) is 12.1 Å². The molecule has 2 heterocycles. The van der Waals surface area contributed by atoms with Gasteiger partial charge in [-0.15, -0.1) is 10.2 Å². The molecule has 2 unspecified atom stereocenters. The van der Waals surface area contributed by atoms with Gasteiger partial charge in [-0.1, -0.05) is 31.1 Å². The molecule has 0 aromatic carbocycles. The van der Waals surface area contributed by atoms with Crippen molar-refractivity contribution >= 4 is 16.5 Å². The predicted octanol–water partition coefficient (Wildman–Crippen LogP) is 2.67. The van der Waals surface area contributed by atoms with Crippen molar-refractivity contribution in [1.29, 1.82) is 0 Å². The molecule has 1 aliphatic carbocycles. The van der Waals surface area contributed by atoms with E-state index in [1.807, 2.05) is 0 Å². The first-order chi connectivity index (χ1) is 10.8. The van der Waals surface area contributed by atoms with Crippen LogP contribution in [0.15, 0.2) is 0 Å². The number of piperidine rings is 1. The van der Waals surface area contributed by atoms with Crippen molar-refractivity contribution in [1.82, 2.24) is 15.1 Å². The van der Waals surface area contributed by atoms with Crippen molar-refractivity contribution in [3.63, 3.8) is 0 Å². The minimum Gasteiger partial charge on any atom is -0.391 e. The fraction of sp³-hybridized carbons (Fsp3) is 0.875. The van der Waals surface area contributed by atoms with Crippen LogP contribution < -0.4 is 5.32 Å². The van der Waals surface area contributed by atoms with Gasteiger partial charge in [0.05, 0.1) is 6.10 Å². The molecule has 1 saturated heterocycles. The van der Waals surface area contributed by atoms with Gasteiger partial charge in [0.15, 0.2) is 0 Å². The van der Waals surface area contributed by atoms with E-state index >= 15 is 0 Å². The summed E-state index contributed by atoms with van der Waals surface area (Å²) in [5, 5.41) is 24.3. The van der Waals surface area contributed by atoms with Crippen molar-refractivity contribution in [2.24, 2.45) is 0 Å². The summed E-state index contributed by atoms with van der Waals surface area (Å²) in [4.78, 5) is 2.50. The molecule has 2 aliphatic rings. The number of aryl methyl sites for hydroxylation is 1. The van der Waals surface area contributed by atoms with E-state index in [9.17, 15) is 5.11 Å². The minimum absolute atomic E-state index is 0.113. The lowest BCUT2D eigenvalue weighted by atomic mass is 9.89. The molecule has 3 rings (SSSR count). The van der Waals surface area contributed by atoms with Crippen LogP contribution in [0.5, 0.6) is 0 Å². The van der Waals surface area contributed by atoms with Gasteiger partial charge < -0.3 is 10.4 Å². The van der Waals surface area contributed by atoms with Crippen LogP contribution in [0.2, 0.25) is 0 Å². The molecule has 0 amide bonds. The van der Waals surface area contributed by atoms with Gasteiger partial charge in [-0.25, -0.2) is 0 Å². The van der Waals surface area contributed by atoms with E-state index in [1.54, 1.807) is 11.3 Å². The summed E-state index contributed by atoms with van der Waals surface area (Å²) in [5.74, 6) is 0. The Kier molecular flexibility index (Phi) is 5.66. The van der Waals surface area contributed by atoms with Crippen LogP contribution in [0.1, 0.15) is 56.9 Å². The maximum atomic E-state index is 10.2. The Morgan fingerprint density at radius 2 is 1.95 bits per heavy atom. The number of aliphatic hydroxyl groups excluding tert-OH is 1. The lowest BCUT2D eigenvalue weighted by molar-refractivity contribution is 0.00993. The smallest absolute Gasteiger partial charge is 0.205 e. The Balaban J connectivity index is 1.46. The highest BCUT2D eigenvalue weighted by molar-refractivity contribution is 7.15. The van der Waals surface area contributed by atoms with Gasteiger partial charge >= 0.3 is 0 Å². The van der Waals surface area contributed by atoms with Gasteiger partial charge in [-0.3, -0.25) is 4.90 Å². The zero-order chi connectivity index (χ0) is 15.4. The first kappa shape index (κ1) is 16.1. The van der Waals surface area contributed by atoms with Gasteiger partial charge in [-0.2, -0.15) is 0 Å². The molecule has 22 heavy (non-hydrogen) atoms. The number of aromatic nitrogens is 2. The standard InChI is InChI=1S/C16H28N4OS/c1-2-5-15-18-19-16(22-15)17-12-8-10-20(11-9-12)13-6-3-4-7-14(13)21/h12-14,21H,2-11H2,1H3,(H,17,19). The van der Waals surface area contributed by atoms with Gasteiger partial charge in [0.1, 0.15) is 5.01 Å². The molecule has 0 spiro atoms. The molecule has 6 heteroatoms. The summed E-state index contributed by atoms with van der Waals surface area (Å²) >= 11 is 1.69. The fourth-order valence-corrected chi connectivity index (χ4v) is 4.61. The second-order valence-corrected chi connectivity index (χ2v) is 7.69. The Hall–Kier alpha value is -0.720. The average Bonchev–Trinajstić information content (AvgIpc) is 2.96. The molecule has 2 atom stereocenters. The quantitative estimate of drug-likeness (QED) is 0.872. The van der Waals surface area contributed by atoms with Gasteiger partial charge in [0.25, 0.3) is 0 Å². The largest absolute Gasteiger partial charge is 0.391 e. The van der Waals surface area contributed by atoms with Crippen molar-refractivity contribution in [3.8, 4) is 0 Å². The number of aliphatic hydroxyl groups is 1. The van der Waals surface area contributed by atoms with E-state index in [0.717, 1.165) is 61.8 Å². The third kappa shape index (κ3) is 3.97. The minimum atomic E-state index is -0.113. The molecule has 124 valence electrons. The fourth-order valence-electron chi connectivity index (χ4n) is 3.69. The summed E-state index contributed by atoms with van der Waals surface area (Å²) in [6.45, 7) is 4.34. The van der Waals surface area contributed by atoms with Crippen LogP contribution in [0.25, 0.3) is 0 Å². The number of nitrogens with zero attached hydrogens (tertiary/aromatic N) is 3. The number of rotatable bonds is 5. The average molecular weight is 324 g/mol. The molecule has 1 aliphatic heterocycles. The number of hydrogen-bond donors (Lipinski definition) is 2.